The molecule has 0 saturated carbocycles. The first-order valence-corrected chi connectivity index (χ1v) is 9.33. The van der Waals surface area contributed by atoms with Crippen molar-refractivity contribution in [2.24, 2.45) is 0 Å². The van der Waals surface area contributed by atoms with Crippen LogP contribution in [0.25, 0.3) is 11.3 Å². The smallest absolute Gasteiger partial charge is 0.234 e. The summed E-state index contributed by atoms with van der Waals surface area (Å²) in [4.78, 5) is 16.2. The Bertz CT molecular complexity index is 935. The van der Waals surface area contributed by atoms with Gasteiger partial charge in [-0.2, -0.15) is 0 Å². The Hall–Kier alpha value is -3.13. The predicted molar refractivity (Wildman–Crippen MR) is 102 cm³/mol. The van der Waals surface area contributed by atoms with Gasteiger partial charge in [0.05, 0.1) is 11.4 Å². The summed E-state index contributed by atoms with van der Waals surface area (Å²) in [5.74, 6) is 1.44. The molecule has 0 aliphatic carbocycles. The lowest BCUT2D eigenvalue weighted by Gasteiger charge is -2.18. The fourth-order valence-corrected chi connectivity index (χ4v) is 3.14. The molecule has 0 saturated heterocycles. The minimum Gasteiger partial charge on any atom is -0.486 e. The average Bonchev–Trinajstić information content (AvgIpc) is 2.73. The molecule has 1 N–H and O–H groups in total. The van der Waals surface area contributed by atoms with Crippen LogP contribution in [-0.2, 0) is 4.79 Å². The molecule has 7 nitrogen and oxygen atoms in total. The number of benzene rings is 1. The van der Waals surface area contributed by atoms with Crippen LogP contribution in [0.15, 0.2) is 59.9 Å². The maximum atomic E-state index is 12.2. The Labute approximate surface area is 160 Å². The van der Waals surface area contributed by atoms with Gasteiger partial charge in [0.25, 0.3) is 0 Å². The van der Waals surface area contributed by atoms with Crippen LogP contribution in [0.1, 0.15) is 0 Å². The highest BCUT2D eigenvalue weighted by molar-refractivity contribution is 7.99. The van der Waals surface area contributed by atoms with Gasteiger partial charge in [-0.05, 0) is 36.4 Å². The second kappa shape index (κ2) is 8.05. The van der Waals surface area contributed by atoms with Gasteiger partial charge in [-0.15, -0.1) is 10.2 Å². The summed E-state index contributed by atoms with van der Waals surface area (Å²) in [6.07, 6.45) is 3.44. The van der Waals surface area contributed by atoms with Crippen molar-refractivity contribution in [3.05, 3.63) is 54.9 Å². The Morgan fingerprint density at radius 3 is 2.74 bits per heavy atom. The maximum absolute atomic E-state index is 12.2. The number of ether oxygens (including phenoxy) is 2. The molecule has 1 aliphatic heterocycles. The Kier molecular flexibility index (Phi) is 5.15. The summed E-state index contributed by atoms with van der Waals surface area (Å²) < 4.78 is 11.0. The number of nitrogens with one attached hydrogen (secondary N) is 1. The molecular formula is C19H16N4O3S. The van der Waals surface area contributed by atoms with E-state index in [1.165, 1.54) is 11.8 Å². The number of fused-ring (bicyclic) bond motifs is 1. The topological polar surface area (TPSA) is 86.2 Å². The van der Waals surface area contributed by atoms with E-state index in [0.29, 0.717) is 35.4 Å². The number of thioether (sulfide) groups is 1. The van der Waals surface area contributed by atoms with E-state index in [9.17, 15) is 4.79 Å². The van der Waals surface area contributed by atoms with Gasteiger partial charge in [-0.1, -0.05) is 11.8 Å². The predicted octanol–water partition coefficient (Wildman–Crippen LogP) is 3.04. The fourth-order valence-electron chi connectivity index (χ4n) is 2.52. The third-order valence-corrected chi connectivity index (χ3v) is 4.69. The number of anilines is 1. The van der Waals surface area contributed by atoms with E-state index in [1.54, 1.807) is 30.6 Å². The normalized spacial score (nSPS) is 12.4. The SMILES string of the molecule is O=C(CSc1ccc(-c2cccnc2)nn1)Nc1ccc2c(c1)OCCO2. The lowest BCUT2D eigenvalue weighted by Crippen LogP contribution is -2.17. The van der Waals surface area contributed by atoms with Crippen LogP contribution < -0.4 is 14.8 Å². The van der Waals surface area contributed by atoms with Gasteiger partial charge in [0.1, 0.15) is 18.2 Å². The van der Waals surface area contributed by atoms with Crippen molar-refractivity contribution >= 4 is 23.4 Å². The highest BCUT2D eigenvalue weighted by Crippen LogP contribution is 2.32. The summed E-state index contributed by atoms with van der Waals surface area (Å²) >= 11 is 1.32. The molecule has 0 bridgehead atoms. The van der Waals surface area contributed by atoms with E-state index in [0.717, 1.165) is 11.3 Å². The molecule has 0 unspecified atom stereocenters. The van der Waals surface area contributed by atoms with Crippen LogP contribution in [-0.4, -0.2) is 40.1 Å². The minimum atomic E-state index is -0.130. The zero-order valence-electron chi connectivity index (χ0n) is 14.3. The molecule has 3 heterocycles. The number of rotatable bonds is 5. The standard InChI is InChI=1S/C19H16N4O3S/c24-18(21-14-3-5-16-17(10-14)26-9-8-25-16)12-27-19-6-4-15(22-23-19)13-2-1-7-20-11-13/h1-7,10-11H,8-9,12H2,(H,21,24). The zero-order chi connectivity index (χ0) is 18.5. The fraction of sp³-hybridized carbons (Fsp3) is 0.158. The van der Waals surface area contributed by atoms with E-state index in [4.69, 9.17) is 9.47 Å². The molecule has 8 heteroatoms. The second-order valence-corrected chi connectivity index (χ2v) is 6.69. The largest absolute Gasteiger partial charge is 0.486 e. The van der Waals surface area contributed by atoms with Gasteiger partial charge in [-0.25, -0.2) is 0 Å². The van der Waals surface area contributed by atoms with Crippen molar-refractivity contribution in [1.29, 1.82) is 0 Å². The maximum Gasteiger partial charge on any atom is 0.234 e. The van der Waals surface area contributed by atoms with Gasteiger partial charge in [0.2, 0.25) is 5.91 Å². The number of amides is 1. The van der Waals surface area contributed by atoms with Crippen molar-refractivity contribution in [3.8, 4) is 22.8 Å². The summed E-state index contributed by atoms with van der Waals surface area (Å²) in [7, 11) is 0. The molecule has 3 aromatic rings. The lowest BCUT2D eigenvalue weighted by molar-refractivity contribution is -0.113. The number of pyridine rings is 1. The second-order valence-electron chi connectivity index (χ2n) is 5.69. The van der Waals surface area contributed by atoms with E-state index in [-0.39, 0.29) is 11.7 Å². The number of nitrogens with zero attached hydrogens (tertiary/aromatic N) is 3. The highest BCUT2D eigenvalue weighted by atomic mass is 32.2. The average molecular weight is 380 g/mol. The van der Waals surface area contributed by atoms with Crippen molar-refractivity contribution in [2.45, 2.75) is 5.03 Å². The molecule has 1 aromatic carbocycles. The first-order chi connectivity index (χ1) is 13.3. The van der Waals surface area contributed by atoms with E-state index in [1.807, 2.05) is 24.3 Å². The summed E-state index contributed by atoms with van der Waals surface area (Å²) in [6.45, 7) is 1.05. The van der Waals surface area contributed by atoms with Crippen molar-refractivity contribution in [1.82, 2.24) is 15.2 Å². The number of hydrogen-bond donors (Lipinski definition) is 1. The number of carbonyl (C=O) groups is 1. The summed E-state index contributed by atoms with van der Waals surface area (Å²) in [5.41, 5.74) is 2.31. The number of aromatic nitrogens is 3. The Balaban J connectivity index is 1.33. The van der Waals surface area contributed by atoms with Crippen LogP contribution in [0.4, 0.5) is 5.69 Å². The number of carbonyl (C=O) groups excluding carboxylic acids is 1. The van der Waals surface area contributed by atoms with Gasteiger partial charge in [-0.3, -0.25) is 9.78 Å². The van der Waals surface area contributed by atoms with Crippen molar-refractivity contribution in [2.75, 3.05) is 24.3 Å². The first-order valence-electron chi connectivity index (χ1n) is 8.34. The van der Waals surface area contributed by atoms with Crippen LogP contribution in [0, 0.1) is 0 Å². The quantitative estimate of drug-likeness (QED) is 0.681. The van der Waals surface area contributed by atoms with Crippen LogP contribution >= 0.6 is 11.8 Å². The van der Waals surface area contributed by atoms with Gasteiger partial charge < -0.3 is 14.8 Å². The van der Waals surface area contributed by atoms with Gasteiger partial charge in [0.15, 0.2) is 11.5 Å². The third-order valence-electron chi connectivity index (χ3n) is 3.77. The Morgan fingerprint density at radius 2 is 1.96 bits per heavy atom. The molecule has 0 radical (unpaired) electrons. The molecular weight excluding hydrogens is 364 g/mol. The van der Waals surface area contributed by atoms with Crippen molar-refractivity contribution < 1.29 is 14.3 Å². The van der Waals surface area contributed by atoms with Gasteiger partial charge >= 0.3 is 0 Å². The summed E-state index contributed by atoms with van der Waals surface area (Å²) in [5, 5.41) is 11.9. The third kappa shape index (κ3) is 4.35. The molecule has 0 atom stereocenters. The minimum absolute atomic E-state index is 0.130. The molecule has 136 valence electrons. The van der Waals surface area contributed by atoms with Gasteiger partial charge in [0, 0.05) is 29.7 Å². The zero-order valence-corrected chi connectivity index (χ0v) is 15.1. The summed E-state index contributed by atoms with van der Waals surface area (Å²) in [6, 6.07) is 12.8. The molecule has 27 heavy (non-hydrogen) atoms. The molecule has 0 fully saturated rings. The van der Waals surface area contributed by atoms with E-state index < -0.39 is 0 Å². The van der Waals surface area contributed by atoms with E-state index in [2.05, 4.69) is 20.5 Å². The van der Waals surface area contributed by atoms with Crippen LogP contribution in [0.5, 0.6) is 11.5 Å². The lowest BCUT2D eigenvalue weighted by atomic mass is 10.2. The number of hydrogen-bond acceptors (Lipinski definition) is 7. The molecule has 1 aliphatic rings. The highest BCUT2D eigenvalue weighted by Gasteiger charge is 2.13. The first kappa shape index (κ1) is 17.3. The molecule has 2 aromatic heterocycles. The molecule has 1 amide bonds. The molecule has 4 rings (SSSR count). The Morgan fingerprint density at radius 1 is 1.07 bits per heavy atom. The molecule has 0 spiro atoms. The monoisotopic (exact) mass is 380 g/mol. The van der Waals surface area contributed by atoms with Crippen LogP contribution in [0.2, 0.25) is 0 Å². The van der Waals surface area contributed by atoms with Crippen molar-refractivity contribution in [3.63, 3.8) is 0 Å². The van der Waals surface area contributed by atoms with Crippen LogP contribution in [0.3, 0.4) is 0 Å². The van der Waals surface area contributed by atoms with E-state index >= 15 is 0 Å².